The molecule has 3 rings (SSSR count). The Bertz CT molecular complexity index is 689. The first-order valence-corrected chi connectivity index (χ1v) is 7.43. The molecule has 2 fully saturated rings. The Morgan fingerprint density at radius 1 is 1.31 bits per heavy atom. The molecule has 1 amide bonds. The first-order chi connectivity index (χ1) is 12.0. The smallest absolute Gasteiger partial charge is 0.477 e. The van der Waals surface area contributed by atoms with Crippen molar-refractivity contribution in [3.63, 3.8) is 0 Å². The van der Waals surface area contributed by atoms with Crippen molar-refractivity contribution in [1.29, 1.82) is 0 Å². The third kappa shape index (κ3) is 3.49. The second kappa shape index (κ2) is 6.94. The minimum atomic E-state index is -5.08. The standard InChI is InChI=1S/C12H14N2O5.C2HF3O2/c1-5(15)19-4-7-6-2-3-13-8-9(6)14(11(8)16)10(7)12(17)18;3-2(4,5)1(6)7/h6,8-9,13H,2-4H2,1H3,(H,17,18);(H,6,7)/t6?,8-,9+;/m0./s1. The summed E-state index contributed by atoms with van der Waals surface area (Å²) in [5.74, 6) is -4.57. The molecule has 2 saturated heterocycles. The molecule has 0 spiro atoms. The number of carbonyl (C=O) groups is 4. The van der Waals surface area contributed by atoms with Gasteiger partial charge in [-0.3, -0.25) is 14.5 Å². The van der Waals surface area contributed by atoms with E-state index in [4.69, 9.17) is 14.6 Å². The van der Waals surface area contributed by atoms with Crippen molar-refractivity contribution in [2.24, 2.45) is 5.92 Å². The quantitative estimate of drug-likeness (QED) is 0.450. The number of esters is 1. The lowest BCUT2D eigenvalue weighted by molar-refractivity contribution is -0.192. The average molecular weight is 380 g/mol. The van der Waals surface area contributed by atoms with Gasteiger partial charge in [0.15, 0.2) is 0 Å². The van der Waals surface area contributed by atoms with E-state index >= 15 is 0 Å². The van der Waals surface area contributed by atoms with Crippen LogP contribution < -0.4 is 5.32 Å². The Labute approximate surface area is 144 Å². The zero-order chi connectivity index (χ0) is 19.8. The van der Waals surface area contributed by atoms with Crippen LogP contribution in [0.5, 0.6) is 0 Å². The zero-order valence-corrected chi connectivity index (χ0v) is 13.4. The maximum absolute atomic E-state index is 11.9. The van der Waals surface area contributed by atoms with E-state index in [9.17, 15) is 32.7 Å². The molecular formula is C14H15F3N2O7. The number of aliphatic carboxylic acids is 2. The number of amides is 1. The van der Waals surface area contributed by atoms with Gasteiger partial charge < -0.3 is 20.3 Å². The largest absolute Gasteiger partial charge is 0.490 e. The van der Waals surface area contributed by atoms with E-state index in [1.165, 1.54) is 11.8 Å². The Balaban J connectivity index is 0.000000298. The molecule has 1 unspecified atom stereocenters. The van der Waals surface area contributed by atoms with Gasteiger partial charge in [0.2, 0.25) is 5.91 Å². The maximum Gasteiger partial charge on any atom is 0.490 e. The lowest BCUT2D eigenvalue weighted by Crippen LogP contribution is -2.72. The van der Waals surface area contributed by atoms with Crippen molar-refractivity contribution < 1.29 is 47.3 Å². The molecule has 0 saturated carbocycles. The number of hydrogen-bond acceptors (Lipinski definition) is 6. The first kappa shape index (κ1) is 19.7. The number of nitrogens with zero attached hydrogens (tertiary/aromatic N) is 1. The molecule has 0 radical (unpaired) electrons. The minimum absolute atomic E-state index is 0.00111. The third-order valence-electron chi connectivity index (χ3n) is 4.24. The predicted molar refractivity (Wildman–Crippen MR) is 75.5 cm³/mol. The van der Waals surface area contributed by atoms with Crippen LogP contribution in [0.3, 0.4) is 0 Å². The van der Waals surface area contributed by atoms with Crippen molar-refractivity contribution in [1.82, 2.24) is 10.2 Å². The lowest BCUT2D eigenvalue weighted by atomic mass is 9.79. The van der Waals surface area contributed by atoms with Gasteiger partial charge in [-0.15, -0.1) is 0 Å². The van der Waals surface area contributed by atoms with Crippen molar-refractivity contribution >= 4 is 23.8 Å². The molecular weight excluding hydrogens is 365 g/mol. The summed E-state index contributed by atoms with van der Waals surface area (Å²) < 4.78 is 36.7. The van der Waals surface area contributed by atoms with Crippen molar-refractivity contribution in [3.05, 3.63) is 11.3 Å². The fourth-order valence-electron chi connectivity index (χ4n) is 3.26. The molecule has 0 bridgehead atoms. The average Bonchev–Trinajstić information content (AvgIpc) is 2.85. The summed E-state index contributed by atoms with van der Waals surface area (Å²) in [5.41, 5.74) is 0.561. The number of hydrogen-bond donors (Lipinski definition) is 3. The SMILES string of the molecule is CC(=O)OCC1=C(C(=O)O)N2C(=O)[C@H]3NCCC1[C@H]32.O=C(O)C(F)(F)F. The van der Waals surface area contributed by atoms with Crippen LogP contribution in [0.2, 0.25) is 0 Å². The number of carboxylic acid groups (broad SMARTS) is 2. The van der Waals surface area contributed by atoms with Crippen molar-refractivity contribution in [3.8, 4) is 0 Å². The molecule has 0 aliphatic carbocycles. The number of β-lactam (4-membered cyclic amide) rings is 1. The lowest BCUT2D eigenvalue weighted by Gasteiger charge is -2.48. The topological polar surface area (TPSA) is 133 Å². The van der Waals surface area contributed by atoms with Gasteiger partial charge in [0.25, 0.3) is 0 Å². The first-order valence-electron chi connectivity index (χ1n) is 7.43. The minimum Gasteiger partial charge on any atom is -0.477 e. The molecule has 0 aromatic heterocycles. The third-order valence-corrected chi connectivity index (χ3v) is 4.24. The number of carbonyl (C=O) groups excluding carboxylic acids is 2. The summed E-state index contributed by atoms with van der Waals surface area (Å²) in [6.07, 6.45) is -4.33. The van der Waals surface area contributed by atoms with Gasteiger partial charge >= 0.3 is 24.1 Å². The normalized spacial score (nSPS) is 26.4. The van der Waals surface area contributed by atoms with Crippen LogP contribution in [0.15, 0.2) is 11.3 Å². The highest BCUT2D eigenvalue weighted by atomic mass is 19.4. The maximum atomic E-state index is 11.9. The number of nitrogens with one attached hydrogen (secondary N) is 1. The van der Waals surface area contributed by atoms with Crippen LogP contribution in [0, 0.1) is 5.92 Å². The van der Waals surface area contributed by atoms with Gasteiger partial charge in [-0.25, -0.2) is 9.59 Å². The van der Waals surface area contributed by atoms with E-state index in [0.29, 0.717) is 12.1 Å². The van der Waals surface area contributed by atoms with Gasteiger partial charge in [0.05, 0.1) is 6.04 Å². The molecule has 9 nitrogen and oxygen atoms in total. The molecule has 3 aliphatic rings. The summed E-state index contributed by atoms with van der Waals surface area (Å²) >= 11 is 0. The monoisotopic (exact) mass is 380 g/mol. The van der Waals surface area contributed by atoms with E-state index in [1.54, 1.807) is 0 Å². The molecule has 3 atom stereocenters. The summed E-state index contributed by atoms with van der Waals surface area (Å²) in [6.45, 7) is 1.90. The Kier molecular flexibility index (Phi) is 5.26. The number of piperidine rings is 1. The fraction of sp³-hybridized carbons (Fsp3) is 0.571. The van der Waals surface area contributed by atoms with Crippen molar-refractivity contribution in [2.45, 2.75) is 31.6 Å². The summed E-state index contributed by atoms with van der Waals surface area (Å²) in [4.78, 5) is 44.4. The Morgan fingerprint density at radius 2 is 1.88 bits per heavy atom. The van der Waals surface area contributed by atoms with Gasteiger partial charge in [0, 0.05) is 18.4 Å². The number of rotatable bonds is 3. The van der Waals surface area contributed by atoms with E-state index in [-0.39, 0.29) is 36.2 Å². The highest BCUT2D eigenvalue weighted by molar-refractivity contribution is 6.01. The predicted octanol–water partition coefficient (Wildman–Crippen LogP) is -0.276. The van der Waals surface area contributed by atoms with Gasteiger partial charge in [-0.2, -0.15) is 13.2 Å². The molecule has 0 aromatic rings. The molecule has 3 heterocycles. The van der Waals surface area contributed by atoms with Gasteiger partial charge in [-0.1, -0.05) is 0 Å². The van der Waals surface area contributed by atoms with Gasteiger partial charge in [-0.05, 0) is 13.0 Å². The highest BCUT2D eigenvalue weighted by Gasteiger charge is 2.61. The second-order valence-electron chi connectivity index (χ2n) is 5.79. The Morgan fingerprint density at radius 3 is 2.35 bits per heavy atom. The van der Waals surface area contributed by atoms with Crippen LogP contribution in [-0.4, -0.2) is 70.3 Å². The van der Waals surface area contributed by atoms with E-state index < -0.39 is 24.1 Å². The van der Waals surface area contributed by atoms with Crippen LogP contribution >= 0.6 is 0 Å². The number of alkyl halides is 3. The van der Waals surface area contributed by atoms with Crippen LogP contribution in [0.25, 0.3) is 0 Å². The van der Waals surface area contributed by atoms with Crippen LogP contribution in [-0.2, 0) is 23.9 Å². The second-order valence-corrected chi connectivity index (χ2v) is 5.79. The number of ether oxygens (including phenoxy) is 1. The molecule has 12 heteroatoms. The molecule has 144 valence electrons. The van der Waals surface area contributed by atoms with Crippen molar-refractivity contribution in [2.75, 3.05) is 13.2 Å². The molecule has 0 aromatic carbocycles. The number of halogens is 3. The molecule has 3 aliphatic heterocycles. The Hall–Kier alpha value is -2.63. The van der Waals surface area contributed by atoms with Crippen LogP contribution in [0.4, 0.5) is 13.2 Å². The van der Waals surface area contributed by atoms with E-state index in [1.807, 2.05) is 0 Å². The summed E-state index contributed by atoms with van der Waals surface area (Å²) in [7, 11) is 0. The molecule has 3 N–H and O–H groups in total. The number of carboxylic acids is 2. The van der Waals surface area contributed by atoms with Crippen LogP contribution in [0.1, 0.15) is 13.3 Å². The summed E-state index contributed by atoms with van der Waals surface area (Å²) in [6, 6.07) is -0.416. The zero-order valence-electron chi connectivity index (χ0n) is 13.4. The summed E-state index contributed by atoms with van der Waals surface area (Å²) in [5, 5.41) is 19.5. The van der Waals surface area contributed by atoms with E-state index in [2.05, 4.69) is 5.32 Å². The van der Waals surface area contributed by atoms with Gasteiger partial charge in [0.1, 0.15) is 18.3 Å². The van der Waals surface area contributed by atoms with E-state index in [0.717, 1.165) is 6.42 Å². The highest BCUT2D eigenvalue weighted by Crippen LogP contribution is 2.46. The molecule has 26 heavy (non-hydrogen) atoms. The fourth-order valence-corrected chi connectivity index (χ4v) is 3.26.